The van der Waals surface area contributed by atoms with Crippen LogP contribution in [0.2, 0.25) is 5.02 Å². The zero-order valence-corrected chi connectivity index (χ0v) is 20.9. The van der Waals surface area contributed by atoms with E-state index in [1.165, 1.54) is 18.2 Å². The molecule has 0 saturated heterocycles. The van der Waals surface area contributed by atoms with Crippen molar-refractivity contribution in [3.8, 4) is 11.8 Å². The molecule has 7 nitrogen and oxygen atoms in total. The summed E-state index contributed by atoms with van der Waals surface area (Å²) in [6.07, 6.45) is 1.38. The monoisotopic (exact) mass is 561 g/mol. The number of benzene rings is 4. The molecule has 0 saturated carbocycles. The van der Waals surface area contributed by atoms with E-state index in [4.69, 9.17) is 16.3 Å². The Hall–Kier alpha value is -4.19. The molecule has 0 radical (unpaired) electrons. The number of anilines is 1. The highest BCUT2D eigenvalue weighted by molar-refractivity contribution is 9.10. The summed E-state index contributed by atoms with van der Waals surface area (Å²) in [5.41, 5.74) is 0.764. The van der Waals surface area contributed by atoms with Crippen molar-refractivity contribution in [3.63, 3.8) is 0 Å². The second-order valence-electron chi connectivity index (χ2n) is 7.65. The van der Waals surface area contributed by atoms with E-state index >= 15 is 0 Å². The zero-order valence-electron chi connectivity index (χ0n) is 18.6. The van der Waals surface area contributed by atoms with Crippen LogP contribution in [0.4, 0.5) is 11.4 Å². The van der Waals surface area contributed by atoms with Gasteiger partial charge in [0.25, 0.3) is 11.6 Å². The van der Waals surface area contributed by atoms with E-state index < -0.39 is 10.8 Å². The van der Waals surface area contributed by atoms with Gasteiger partial charge in [-0.2, -0.15) is 5.26 Å². The number of fused-ring (bicyclic) bond motifs is 1. The molecule has 0 aliphatic rings. The second kappa shape index (κ2) is 11.0. The first-order valence-corrected chi connectivity index (χ1v) is 11.8. The predicted molar refractivity (Wildman–Crippen MR) is 143 cm³/mol. The smallest absolute Gasteiger partial charge is 0.294 e. The number of hydrogen-bond donors (Lipinski definition) is 1. The van der Waals surface area contributed by atoms with Gasteiger partial charge in [-0.15, -0.1) is 0 Å². The van der Waals surface area contributed by atoms with Crippen LogP contribution in [-0.4, -0.2) is 10.8 Å². The fourth-order valence-electron chi connectivity index (χ4n) is 3.59. The van der Waals surface area contributed by atoms with Crippen LogP contribution in [0.5, 0.6) is 5.75 Å². The number of hydrogen-bond acceptors (Lipinski definition) is 5. The van der Waals surface area contributed by atoms with Gasteiger partial charge in [0.05, 0.1) is 4.92 Å². The van der Waals surface area contributed by atoms with Gasteiger partial charge in [-0.25, -0.2) is 0 Å². The molecule has 0 spiro atoms. The molecule has 1 amide bonds. The SMILES string of the molecule is N#C/C(=C\c1cc(Br)ccc1OCc1cccc2ccccc12)C(=O)Nc1ccc(Cl)cc1[N+](=O)[O-]. The molecule has 4 aromatic carbocycles. The summed E-state index contributed by atoms with van der Waals surface area (Å²) >= 11 is 9.24. The molecule has 0 aliphatic carbocycles. The highest BCUT2D eigenvalue weighted by atomic mass is 79.9. The van der Waals surface area contributed by atoms with Gasteiger partial charge in [0.2, 0.25) is 0 Å². The number of nitriles is 1. The summed E-state index contributed by atoms with van der Waals surface area (Å²) in [7, 11) is 0. The van der Waals surface area contributed by atoms with Crippen molar-refractivity contribution in [1.29, 1.82) is 5.26 Å². The Bertz CT molecular complexity index is 1560. The summed E-state index contributed by atoms with van der Waals surface area (Å²) in [5.74, 6) is -0.341. The average Bonchev–Trinajstić information content (AvgIpc) is 2.87. The maximum atomic E-state index is 12.8. The van der Waals surface area contributed by atoms with Gasteiger partial charge in [0.1, 0.15) is 29.7 Å². The van der Waals surface area contributed by atoms with Crippen molar-refractivity contribution in [1.82, 2.24) is 0 Å². The first kappa shape index (κ1) is 24.9. The van der Waals surface area contributed by atoms with E-state index in [1.54, 1.807) is 18.2 Å². The van der Waals surface area contributed by atoms with Crippen LogP contribution in [0.15, 0.2) is 88.9 Å². The third-order valence-electron chi connectivity index (χ3n) is 5.30. The standard InChI is InChI=1S/C27H17BrClN3O4/c28-21-8-11-26(36-16-18-6-3-5-17-4-1-2-7-23(17)18)19(13-21)12-20(15-30)27(33)31-24-10-9-22(29)14-25(24)32(34)35/h1-14H,16H2,(H,31,33)/b20-12+. The lowest BCUT2D eigenvalue weighted by Crippen LogP contribution is -2.14. The van der Waals surface area contributed by atoms with E-state index in [9.17, 15) is 20.2 Å². The number of nitrogens with one attached hydrogen (secondary N) is 1. The van der Waals surface area contributed by atoms with Gasteiger partial charge in [-0.1, -0.05) is 70.0 Å². The molecule has 178 valence electrons. The Labute approximate surface area is 219 Å². The Balaban J connectivity index is 1.61. The molecular weight excluding hydrogens is 546 g/mol. The Morgan fingerprint density at radius 1 is 1.11 bits per heavy atom. The highest BCUT2D eigenvalue weighted by Gasteiger charge is 2.19. The van der Waals surface area contributed by atoms with Crippen LogP contribution in [0, 0.1) is 21.4 Å². The summed E-state index contributed by atoms with van der Waals surface area (Å²) in [4.78, 5) is 23.5. The number of nitro benzene ring substituents is 1. The van der Waals surface area contributed by atoms with Crippen LogP contribution < -0.4 is 10.1 Å². The third-order valence-corrected chi connectivity index (χ3v) is 6.03. The van der Waals surface area contributed by atoms with E-state index in [2.05, 4.69) is 21.2 Å². The largest absolute Gasteiger partial charge is 0.488 e. The fourth-order valence-corrected chi connectivity index (χ4v) is 4.14. The predicted octanol–water partition coefficient (Wildman–Crippen LogP) is 7.29. The number of carbonyl (C=O) groups excluding carboxylic acids is 1. The summed E-state index contributed by atoms with van der Waals surface area (Å²) in [6, 6.07) is 24.9. The molecule has 0 fully saturated rings. The molecular formula is C27H17BrClN3O4. The number of nitro groups is 1. The van der Waals surface area contributed by atoms with Gasteiger partial charge in [0.15, 0.2) is 0 Å². The number of ether oxygens (including phenoxy) is 1. The van der Waals surface area contributed by atoms with Crippen molar-refractivity contribution in [3.05, 3.63) is 115 Å². The Morgan fingerprint density at radius 3 is 2.67 bits per heavy atom. The number of carbonyl (C=O) groups is 1. The van der Waals surface area contributed by atoms with Gasteiger partial charge in [-0.05, 0) is 52.7 Å². The third kappa shape index (κ3) is 5.71. The van der Waals surface area contributed by atoms with Crippen LogP contribution in [-0.2, 0) is 11.4 Å². The second-order valence-corrected chi connectivity index (χ2v) is 9.00. The van der Waals surface area contributed by atoms with Crippen LogP contribution in [0.3, 0.4) is 0 Å². The summed E-state index contributed by atoms with van der Waals surface area (Å²) in [5, 5.41) is 25.7. The lowest BCUT2D eigenvalue weighted by molar-refractivity contribution is -0.383. The van der Waals surface area contributed by atoms with Gasteiger partial charge >= 0.3 is 0 Å². The highest BCUT2D eigenvalue weighted by Crippen LogP contribution is 2.30. The lowest BCUT2D eigenvalue weighted by atomic mass is 10.1. The molecule has 0 heterocycles. The first-order valence-electron chi connectivity index (χ1n) is 10.6. The Kier molecular flexibility index (Phi) is 7.64. The maximum Gasteiger partial charge on any atom is 0.294 e. The minimum Gasteiger partial charge on any atom is -0.488 e. The number of nitrogens with zero attached hydrogens (tertiary/aromatic N) is 2. The minimum absolute atomic E-state index is 0.0720. The lowest BCUT2D eigenvalue weighted by Gasteiger charge is -2.12. The fraction of sp³-hybridized carbons (Fsp3) is 0.0370. The van der Waals surface area contributed by atoms with E-state index in [1.807, 2.05) is 48.5 Å². The van der Waals surface area contributed by atoms with Crippen LogP contribution in [0.1, 0.15) is 11.1 Å². The van der Waals surface area contributed by atoms with Crippen molar-refractivity contribution in [2.75, 3.05) is 5.32 Å². The van der Waals surface area contributed by atoms with E-state index in [-0.39, 0.29) is 28.6 Å². The summed E-state index contributed by atoms with van der Waals surface area (Å²) in [6.45, 7) is 0.273. The molecule has 0 aliphatic heterocycles. The zero-order chi connectivity index (χ0) is 25.7. The molecule has 4 rings (SSSR count). The van der Waals surface area contributed by atoms with Crippen LogP contribution in [0.25, 0.3) is 16.8 Å². The van der Waals surface area contributed by atoms with Crippen molar-refractivity contribution in [2.45, 2.75) is 6.61 Å². The molecule has 0 aromatic heterocycles. The van der Waals surface area contributed by atoms with Gasteiger partial charge in [0, 0.05) is 21.1 Å². The van der Waals surface area contributed by atoms with E-state index in [0.717, 1.165) is 26.9 Å². The maximum absolute atomic E-state index is 12.8. The number of amides is 1. The molecule has 0 atom stereocenters. The normalized spacial score (nSPS) is 11.1. The van der Waals surface area contributed by atoms with Gasteiger partial charge < -0.3 is 10.1 Å². The number of halogens is 2. The first-order chi connectivity index (χ1) is 17.4. The Morgan fingerprint density at radius 2 is 1.89 bits per heavy atom. The average molecular weight is 563 g/mol. The number of rotatable bonds is 7. The molecule has 1 N–H and O–H groups in total. The molecule has 9 heteroatoms. The van der Waals surface area contributed by atoms with Crippen molar-refractivity contribution >= 4 is 61.7 Å². The molecule has 0 bridgehead atoms. The molecule has 36 heavy (non-hydrogen) atoms. The van der Waals surface area contributed by atoms with E-state index in [0.29, 0.717) is 11.3 Å². The minimum atomic E-state index is -0.803. The topological polar surface area (TPSA) is 105 Å². The van der Waals surface area contributed by atoms with Gasteiger partial charge in [-0.3, -0.25) is 14.9 Å². The van der Waals surface area contributed by atoms with Crippen LogP contribution >= 0.6 is 27.5 Å². The van der Waals surface area contributed by atoms with Crippen molar-refractivity contribution < 1.29 is 14.5 Å². The molecule has 4 aromatic rings. The molecule has 0 unspecified atom stereocenters. The summed E-state index contributed by atoms with van der Waals surface area (Å²) < 4.78 is 6.80. The van der Waals surface area contributed by atoms with Crippen molar-refractivity contribution in [2.24, 2.45) is 0 Å². The quantitative estimate of drug-likeness (QED) is 0.110.